The molecule has 5 atom stereocenters. The average molecular weight is 309 g/mol. The molecule has 1 heterocycles. The Morgan fingerprint density at radius 2 is 2.00 bits per heavy atom. The van der Waals surface area contributed by atoms with Crippen molar-refractivity contribution < 1.29 is 0 Å². The van der Waals surface area contributed by atoms with Crippen molar-refractivity contribution >= 4 is 11.0 Å². The van der Waals surface area contributed by atoms with Gasteiger partial charge in [0.15, 0.2) is 0 Å². The molecule has 3 saturated carbocycles. The summed E-state index contributed by atoms with van der Waals surface area (Å²) < 4.78 is 2.37. The molecule has 5 rings (SSSR count). The number of hydrogen-bond donors (Lipinski definition) is 1. The Morgan fingerprint density at radius 3 is 2.96 bits per heavy atom. The molecule has 3 nitrogen and oxygen atoms in total. The molecule has 1 aromatic carbocycles. The van der Waals surface area contributed by atoms with Crippen LogP contribution in [0.4, 0.5) is 0 Å². The van der Waals surface area contributed by atoms with Gasteiger partial charge in [-0.15, -0.1) is 0 Å². The number of benzene rings is 1. The van der Waals surface area contributed by atoms with Crippen LogP contribution in [-0.2, 0) is 6.54 Å². The molecule has 0 aliphatic heterocycles. The third kappa shape index (κ3) is 2.16. The molecule has 1 N–H and O–H groups in total. The number of nitrogens with one attached hydrogen (secondary N) is 1. The Bertz CT molecular complexity index is 719. The Hall–Kier alpha value is -1.35. The maximum absolute atomic E-state index is 4.68. The fourth-order valence-electron chi connectivity index (χ4n) is 6.14. The van der Waals surface area contributed by atoms with Crippen LogP contribution in [0.15, 0.2) is 24.3 Å². The average Bonchev–Trinajstić information content (AvgIpc) is 3.28. The van der Waals surface area contributed by atoms with Gasteiger partial charge in [-0.2, -0.15) is 0 Å². The third-order valence-corrected chi connectivity index (χ3v) is 7.02. The largest absolute Gasteiger partial charge is 0.327 e. The Labute approximate surface area is 138 Å². The van der Waals surface area contributed by atoms with E-state index in [1.165, 1.54) is 37.6 Å². The van der Waals surface area contributed by atoms with Crippen LogP contribution in [0.25, 0.3) is 11.0 Å². The lowest BCUT2D eigenvalue weighted by atomic mass is 9.79. The summed E-state index contributed by atoms with van der Waals surface area (Å²) in [6.07, 6.45) is 7.48. The quantitative estimate of drug-likeness (QED) is 0.932. The predicted octanol–water partition coefficient (Wildman–Crippen LogP) is 3.76. The molecule has 3 heteroatoms. The lowest BCUT2D eigenvalue weighted by molar-refractivity contribution is 0.208. The van der Waals surface area contributed by atoms with E-state index in [4.69, 9.17) is 0 Å². The molecule has 0 radical (unpaired) electrons. The summed E-state index contributed by atoms with van der Waals surface area (Å²) in [6, 6.07) is 9.28. The zero-order chi connectivity index (χ0) is 15.4. The zero-order valence-electron chi connectivity index (χ0n) is 14.0. The van der Waals surface area contributed by atoms with Gasteiger partial charge in [0.25, 0.3) is 0 Å². The predicted molar refractivity (Wildman–Crippen MR) is 93.3 cm³/mol. The van der Waals surface area contributed by atoms with Crippen molar-refractivity contribution in [3.05, 3.63) is 30.1 Å². The molecule has 23 heavy (non-hydrogen) atoms. The SMILES string of the molecule is Cc1nc2ccccc2n1CCN[C@@H]1C[C@H]2C[C@H]1[C@H]1CCC[C@@H]21. The van der Waals surface area contributed by atoms with Gasteiger partial charge in [-0.3, -0.25) is 0 Å². The summed E-state index contributed by atoms with van der Waals surface area (Å²) in [6.45, 7) is 4.24. The van der Waals surface area contributed by atoms with Crippen LogP contribution in [0.1, 0.15) is 37.9 Å². The molecule has 0 amide bonds. The summed E-state index contributed by atoms with van der Waals surface area (Å²) >= 11 is 0. The van der Waals surface area contributed by atoms with Crippen LogP contribution in [0.3, 0.4) is 0 Å². The van der Waals surface area contributed by atoms with E-state index in [9.17, 15) is 0 Å². The standard InChI is InChI=1S/C20H27N3/c1-13-22-18-7-2-3-8-20(18)23(13)10-9-21-19-12-14-11-17(19)16-6-4-5-15(14)16/h2-3,7-8,14-17,19,21H,4-6,9-12H2,1H3/t14-,15+,16+,17+,19-/m1/s1. The van der Waals surface area contributed by atoms with Gasteiger partial charge in [0.2, 0.25) is 0 Å². The Kier molecular flexibility index (Phi) is 3.26. The van der Waals surface area contributed by atoms with Crippen molar-refractivity contribution in [2.75, 3.05) is 6.54 Å². The third-order valence-electron chi connectivity index (χ3n) is 7.02. The van der Waals surface area contributed by atoms with Crippen LogP contribution in [0, 0.1) is 30.6 Å². The zero-order valence-corrected chi connectivity index (χ0v) is 14.0. The van der Waals surface area contributed by atoms with E-state index >= 15 is 0 Å². The molecule has 0 spiro atoms. The summed E-state index contributed by atoms with van der Waals surface area (Å²) in [5, 5.41) is 3.91. The highest BCUT2D eigenvalue weighted by molar-refractivity contribution is 5.75. The molecular formula is C20H27N3. The van der Waals surface area contributed by atoms with Crippen molar-refractivity contribution in [2.45, 2.75) is 51.6 Å². The van der Waals surface area contributed by atoms with E-state index in [2.05, 4.69) is 46.1 Å². The number of nitrogens with zero attached hydrogens (tertiary/aromatic N) is 2. The molecule has 0 saturated heterocycles. The van der Waals surface area contributed by atoms with Crippen molar-refractivity contribution in [3.63, 3.8) is 0 Å². The van der Waals surface area contributed by atoms with E-state index in [1.807, 2.05) is 0 Å². The first kappa shape index (κ1) is 14.0. The highest BCUT2D eigenvalue weighted by atomic mass is 15.1. The first-order valence-electron chi connectivity index (χ1n) is 9.46. The maximum Gasteiger partial charge on any atom is 0.106 e. The number of imidazole rings is 1. The lowest BCUT2D eigenvalue weighted by Crippen LogP contribution is -2.40. The van der Waals surface area contributed by atoms with Gasteiger partial charge in [-0.05, 0) is 68.4 Å². The maximum atomic E-state index is 4.68. The molecule has 1 aromatic heterocycles. The molecule has 2 aromatic rings. The molecule has 3 aliphatic carbocycles. The number of hydrogen-bond acceptors (Lipinski definition) is 2. The van der Waals surface area contributed by atoms with Crippen molar-refractivity contribution in [2.24, 2.45) is 23.7 Å². The molecular weight excluding hydrogens is 282 g/mol. The number of rotatable bonds is 4. The van der Waals surface area contributed by atoms with Gasteiger partial charge in [0.05, 0.1) is 11.0 Å². The fourth-order valence-corrected chi connectivity index (χ4v) is 6.14. The molecule has 3 fully saturated rings. The summed E-state index contributed by atoms with van der Waals surface area (Å²) in [7, 11) is 0. The van der Waals surface area contributed by atoms with Gasteiger partial charge in [-0.25, -0.2) is 4.98 Å². The van der Waals surface area contributed by atoms with Gasteiger partial charge < -0.3 is 9.88 Å². The topological polar surface area (TPSA) is 29.9 Å². The van der Waals surface area contributed by atoms with Crippen LogP contribution < -0.4 is 5.32 Å². The highest BCUT2D eigenvalue weighted by Crippen LogP contribution is 2.58. The van der Waals surface area contributed by atoms with Gasteiger partial charge in [-0.1, -0.05) is 18.6 Å². The Balaban J connectivity index is 1.25. The first-order valence-corrected chi connectivity index (χ1v) is 9.46. The van der Waals surface area contributed by atoms with E-state index in [1.54, 1.807) is 0 Å². The Morgan fingerprint density at radius 1 is 1.13 bits per heavy atom. The van der Waals surface area contributed by atoms with Crippen molar-refractivity contribution in [1.82, 2.24) is 14.9 Å². The number of fused-ring (bicyclic) bond motifs is 6. The van der Waals surface area contributed by atoms with E-state index in [0.29, 0.717) is 0 Å². The number of aromatic nitrogens is 2. The highest BCUT2D eigenvalue weighted by Gasteiger charge is 2.53. The van der Waals surface area contributed by atoms with E-state index in [-0.39, 0.29) is 0 Å². The van der Waals surface area contributed by atoms with E-state index < -0.39 is 0 Å². The molecule has 3 aliphatic rings. The van der Waals surface area contributed by atoms with Gasteiger partial charge >= 0.3 is 0 Å². The first-order chi connectivity index (χ1) is 11.3. The second-order valence-corrected chi connectivity index (χ2v) is 8.01. The second-order valence-electron chi connectivity index (χ2n) is 8.01. The monoisotopic (exact) mass is 309 g/mol. The van der Waals surface area contributed by atoms with Crippen LogP contribution in [0.5, 0.6) is 0 Å². The van der Waals surface area contributed by atoms with Crippen LogP contribution >= 0.6 is 0 Å². The van der Waals surface area contributed by atoms with E-state index in [0.717, 1.165) is 54.1 Å². The minimum Gasteiger partial charge on any atom is -0.327 e. The molecule has 122 valence electrons. The molecule has 2 bridgehead atoms. The van der Waals surface area contributed by atoms with Crippen LogP contribution in [-0.4, -0.2) is 22.1 Å². The minimum absolute atomic E-state index is 0.787. The number of para-hydroxylation sites is 2. The number of aryl methyl sites for hydroxylation is 1. The normalized spacial score (nSPS) is 35.3. The smallest absolute Gasteiger partial charge is 0.106 e. The lowest BCUT2D eigenvalue weighted by Gasteiger charge is -2.32. The molecule has 0 unspecified atom stereocenters. The summed E-state index contributed by atoms with van der Waals surface area (Å²) in [5.74, 6) is 5.31. The van der Waals surface area contributed by atoms with Crippen LogP contribution in [0.2, 0.25) is 0 Å². The van der Waals surface area contributed by atoms with Crippen molar-refractivity contribution in [1.29, 1.82) is 0 Å². The fraction of sp³-hybridized carbons (Fsp3) is 0.650. The van der Waals surface area contributed by atoms with Crippen molar-refractivity contribution in [3.8, 4) is 0 Å². The van der Waals surface area contributed by atoms with Gasteiger partial charge in [0, 0.05) is 19.1 Å². The van der Waals surface area contributed by atoms with Gasteiger partial charge in [0.1, 0.15) is 5.82 Å². The minimum atomic E-state index is 0.787. The summed E-state index contributed by atoms with van der Waals surface area (Å²) in [4.78, 5) is 4.68. The second kappa shape index (κ2) is 5.34. The summed E-state index contributed by atoms with van der Waals surface area (Å²) in [5.41, 5.74) is 2.40.